The van der Waals surface area contributed by atoms with Gasteiger partial charge in [-0.2, -0.15) is 0 Å². The van der Waals surface area contributed by atoms with Crippen LogP contribution in [-0.4, -0.2) is 0 Å². The smallest absolute Gasteiger partial charge is 0.0167 e. The molecule has 3 rings (SSSR count). The van der Waals surface area contributed by atoms with Gasteiger partial charge in [-0.1, -0.05) is 76.5 Å². The lowest BCUT2D eigenvalue weighted by Gasteiger charge is -2.56. The molecule has 0 aromatic rings. The Bertz CT molecular complexity index is 449. The van der Waals surface area contributed by atoms with Crippen LogP contribution < -0.4 is 0 Å². The molecule has 2 fully saturated rings. The van der Waals surface area contributed by atoms with E-state index in [0.717, 1.165) is 11.8 Å². The Morgan fingerprint density at radius 1 is 1.00 bits per heavy atom. The molecule has 2 unspecified atom stereocenters. The zero-order valence-corrected chi connectivity index (χ0v) is 16.4. The second kappa shape index (κ2) is 7.79. The van der Waals surface area contributed by atoms with Gasteiger partial charge in [0.15, 0.2) is 0 Å². The van der Waals surface area contributed by atoms with Gasteiger partial charge in [0.1, 0.15) is 0 Å². The van der Waals surface area contributed by atoms with Crippen molar-refractivity contribution >= 4 is 0 Å². The van der Waals surface area contributed by atoms with Crippen molar-refractivity contribution in [2.75, 3.05) is 0 Å². The second-order valence-electron chi connectivity index (χ2n) is 9.60. The lowest BCUT2D eigenvalue weighted by atomic mass is 9.48. The number of hydrogen-bond donors (Lipinski definition) is 0. The molecule has 0 aliphatic heterocycles. The molecule has 0 heterocycles. The van der Waals surface area contributed by atoms with Gasteiger partial charge in [-0.05, 0) is 62.2 Å². The van der Waals surface area contributed by atoms with E-state index in [9.17, 15) is 0 Å². The largest absolute Gasteiger partial charge is 0.102 e. The predicted molar refractivity (Wildman–Crippen MR) is 106 cm³/mol. The Hall–Kier alpha value is -0.520. The van der Waals surface area contributed by atoms with Crippen molar-refractivity contribution in [1.82, 2.24) is 0 Å². The molecular weight excluding hydrogens is 288 g/mol. The Morgan fingerprint density at radius 2 is 1.79 bits per heavy atom. The Balaban J connectivity index is 1.81. The van der Waals surface area contributed by atoms with Gasteiger partial charge in [-0.25, -0.2) is 0 Å². The number of hydrogen-bond acceptors (Lipinski definition) is 0. The molecule has 0 bridgehead atoms. The molecule has 0 heteroatoms. The van der Waals surface area contributed by atoms with Crippen LogP contribution in [0.5, 0.6) is 0 Å². The number of rotatable bonds is 5. The van der Waals surface area contributed by atoms with E-state index in [2.05, 4.69) is 32.6 Å². The van der Waals surface area contributed by atoms with Crippen molar-refractivity contribution in [2.45, 2.75) is 104 Å². The first-order valence-corrected chi connectivity index (χ1v) is 10.9. The normalized spacial score (nSPS) is 34.6. The van der Waals surface area contributed by atoms with Gasteiger partial charge < -0.3 is 0 Å². The summed E-state index contributed by atoms with van der Waals surface area (Å²) in [5, 5.41) is 0. The summed E-state index contributed by atoms with van der Waals surface area (Å²) in [6.45, 7) is 9.51. The van der Waals surface area contributed by atoms with Crippen molar-refractivity contribution in [2.24, 2.45) is 22.7 Å². The molecule has 0 aromatic carbocycles. The molecule has 136 valence electrons. The third kappa shape index (κ3) is 3.40. The third-order valence-corrected chi connectivity index (χ3v) is 7.91. The summed E-state index contributed by atoms with van der Waals surface area (Å²) in [5.74, 6) is 1.86. The van der Waals surface area contributed by atoms with Gasteiger partial charge in [0, 0.05) is 5.41 Å². The monoisotopic (exact) mass is 328 g/mol. The highest BCUT2D eigenvalue weighted by molar-refractivity contribution is 5.29. The minimum atomic E-state index is 0.278. The van der Waals surface area contributed by atoms with Gasteiger partial charge in [0.2, 0.25) is 0 Å². The summed E-state index contributed by atoms with van der Waals surface area (Å²) >= 11 is 0. The number of allylic oxidation sites excluding steroid dienone is 3. The molecule has 0 spiro atoms. The van der Waals surface area contributed by atoms with E-state index < -0.39 is 0 Å². The van der Waals surface area contributed by atoms with E-state index in [1.807, 2.05) is 0 Å². The predicted octanol–water partition coefficient (Wildman–Crippen LogP) is 7.85. The maximum absolute atomic E-state index is 4.43. The Labute approximate surface area is 151 Å². The first-order chi connectivity index (χ1) is 11.6. The van der Waals surface area contributed by atoms with Crippen LogP contribution in [0.2, 0.25) is 0 Å². The standard InChI is InChI=1S/C24H40/c1-4-24(21-14-9-6-10-15-21)22(16-11-19-23(24,2)3)18-17-20-12-7-5-8-13-20/h4,14,20,22H,1,5-13,15-19H2,2-3H3. The van der Waals surface area contributed by atoms with Crippen LogP contribution >= 0.6 is 0 Å². The van der Waals surface area contributed by atoms with E-state index >= 15 is 0 Å². The molecule has 0 N–H and O–H groups in total. The van der Waals surface area contributed by atoms with Gasteiger partial charge >= 0.3 is 0 Å². The molecule has 2 atom stereocenters. The van der Waals surface area contributed by atoms with Crippen LogP contribution in [0.4, 0.5) is 0 Å². The summed E-state index contributed by atoms with van der Waals surface area (Å²) in [6, 6.07) is 0. The molecule has 3 aliphatic rings. The van der Waals surface area contributed by atoms with Crippen molar-refractivity contribution in [3.8, 4) is 0 Å². The minimum absolute atomic E-state index is 0.278. The zero-order chi connectivity index (χ0) is 17.0. The van der Waals surface area contributed by atoms with Crippen LogP contribution in [-0.2, 0) is 0 Å². The molecule has 0 aromatic heterocycles. The summed E-state index contributed by atoms with van der Waals surface area (Å²) in [5.41, 5.74) is 2.43. The lowest BCUT2D eigenvalue weighted by Crippen LogP contribution is -2.47. The fraction of sp³-hybridized carbons (Fsp3) is 0.833. The highest BCUT2D eigenvalue weighted by Gasteiger charge is 2.52. The van der Waals surface area contributed by atoms with Crippen molar-refractivity contribution < 1.29 is 0 Å². The maximum Gasteiger partial charge on any atom is 0.0167 e. The van der Waals surface area contributed by atoms with Crippen LogP contribution in [0.15, 0.2) is 24.3 Å². The zero-order valence-electron chi connectivity index (χ0n) is 16.4. The molecule has 0 amide bonds. The maximum atomic E-state index is 4.43. The molecule has 3 aliphatic carbocycles. The molecule has 0 saturated heterocycles. The van der Waals surface area contributed by atoms with E-state index in [-0.39, 0.29) is 5.41 Å². The van der Waals surface area contributed by atoms with E-state index in [1.165, 1.54) is 89.9 Å². The summed E-state index contributed by atoms with van der Waals surface area (Å²) in [4.78, 5) is 0. The van der Waals surface area contributed by atoms with Gasteiger partial charge in [0.05, 0.1) is 0 Å². The van der Waals surface area contributed by atoms with Gasteiger partial charge in [-0.15, -0.1) is 6.58 Å². The van der Waals surface area contributed by atoms with E-state index in [4.69, 9.17) is 0 Å². The fourth-order valence-corrected chi connectivity index (χ4v) is 6.55. The highest BCUT2D eigenvalue weighted by Crippen LogP contribution is 2.61. The average Bonchev–Trinajstić information content (AvgIpc) is 2.61. The first-order valence-electron chi connectivity index (χ1n) is 10.9. The lowest BCUT2D eigenvalue weighted by molar-refractivity contribution is 0.0213. The van der Waals surface area contributed by atoms with Crippen LogP contribution in [0.1, 0.15) is 104 Å². The third-order valence-electron chi connectivity index (χ3n) is 7.91. The molecule has 2 saturated carbocycles. The van der Waals surface area contributed by atoms with Crippen LogP contribution in [0.25, 0.3) is 0 Å². The second-order valence-corrected chi connectivity index (χ2v) is 9.60. The Morgan fingerprint density at radius 3 is 2.46 bits per heavy atom. The summed E-state index contributed by atoms with van der Waals surface area (Å²) < 4.78 is 0. The first kappa shape index (κ1) is 18.3. The Kier molecular flexibility index (Phi) is 5.94. The van der Waals surface area contributed by atoms with E-state index in [0.29, 0.717) is 5.41 Å². The quantitative estimate of drug-likeness (QED) is 0.451. The topological polar surface area (TPSA) is 0 Å². The molecule has 24 heavy (non-hydrogen) atoms. The molecule has 0 radical (unpaired) electrons. The van der Waals surface area contributed by atoms with Crippen molar-refractivity contribution in [3.05, 3.63) is 24.3 Å². The summed E-state index contributed by atoms with van der Waals surface area (Å²) in [6.07, 6.45) is 25.0. The fourth-order valence-electron chi connectivity index (χ4n) is 6.55. The van der Waals surface area contributed by atoms with Gasteiger partial charge in [0.25, 0.3) is 0 Å². The van der Waals surface area contributed by atoms with Crippen molar-refractivity contribution in [1.29, 1.82) is 0 Å². The van der Waals surface area contributed by atoms with Crippen LogP contribution in [0.3, 0.4) is 0 Å². The van der Waals surface area contributed by atoms with Crippen molar-refractivity contribution in [3.63, 3.8) is 0 Å². The minimum Gasteiger partial charge on any atom is -0.102 e. The molecule has 0 nitrogen and oxygen atoms in total. The SMILES string of the molecule is C=CC1(C2=CCCCC2)C(CCC2CCCCC2)CCCC1(C)C. The van der Waals surface area contributed by atoms with Gasteiger partial charge in [-0.3, -0.25) is 0 Å². The molecular formula is C24H40. The van der Waals surface area contributed by atoms with Crippen LogP contribution in [0, 0.1) is 22.7 Å². The van der Waals surface area contributed by atoms with E-state index in [1.54, 1.807) is 5.57 Å². The average molecular weight is 329 g/mol. The highest BCUT2D eigenvalue weighted by atomic mass is 14.6. The summed E-state index contributed by atoms with van der Waals surface area (Å²) in [7, 11) is 0.